The van der Waals surface area contributed by atoms with Crippen molar-refractivity contribution in [3.05, 3.63) is 61.2 Å². The fourth-order valence-electron chi connectivity index (χ4n) is 1.33. The number of rotatable bonds is 6. The Bertz CT molecular complexity index is 395. The van der Waals surface area contributed by atoms with E-state index >= 15 is 0 Å². The number of nitrogens with zero attached hydrogens (tertiary/aromatic N) is 1. The van der Waals surface area contributed by atoms with Crippen LogP contribution < -0.4 is 0 Å². The van der Waals surface area contributed by atoms with Crippen LogP contribution in [0.5, 0.6) is 0 Å². The molecule has 0 spiro atoms. The molecule has 1 rings (SSSR count). The molecule has 0 atom stereocenters. The van der Waals surface area contributed by atoms with Gasteiger partial charge >= 0.3 is 0 Å². The molecule has 0 N–H and O–H groups in total. The maximum atomic E-state index is 3.74. The molecule has 0 aliphatic carbocycles. The highest BCUT2D eigenvalue weighted by Gasteiger charge is 1.97. The third kappa shape index (κ3) is 4.59. The lowest BCUT2D eigenvalue weighted by Gasteiger charge is -1.93. The smallest absolute Gasteiger partial charge is 0.170 e. The van der Waals surface area contributed by atoms with Crippen LogP contribution in [0.1, 0.15) is 12.0 Å². The molecular formula is C15H18N+. The predicted octanol–water partition coefficient (Wildman–Crippen LogP) is 3.14. The Hall–Kier alpha value is -1.85. The summed E-state index contributed by atoms with van der Waals surface area (Å²) in [7, 11) is 0. The minimum Gasteiger partial charge on any atom is -0.184 e. The Kier molecular flexibility index (Phi) is 5.68. The molecule has 0 unspecified atom stereocenters. The second kappa shape index (κ2) is 7.44. The summed E-state index contributed by atoms with van der Waals surface area (Å²) < 4.78 is 2.10. The highest BCUT2D eigenvalue weighted by molar-refractivity contribution is 5.74. The summed E-state index contributed by atoms with van der Waals surface area (Å²) in [4.78, 5) is 0. The number of hydrogen-bond acceptors (Lipinski definition) is 0. The van der Waals surface area contributed by atoms with E-state index < -0.39 is 0 Å². The summed E-state index contributed by atoms with van der Waals surface area (Å²) in [6, 6.07) is 10.2. The molecule has 16 heavy (non-hydrogen) atoms. The first-order valence-electron chi connectivity index (χ1n) is 5.48. The van der Waals surface area contributed by atoms with Crippen molar-refractivity contribution < 1.29 is 4.58 Å². The van der Waals surface area contributed by atoms with Gasteiger partial charge in [-0.3, -0.25) is 0 Å². The molecule has 0 amide bonds. The van der Waals surface area contributed by atoms with Gasteiger partial charge in [0.15, 0.2) is 19.0 Å². The summed E-state index contributed by atoms with van der Waals surface area (Å²) in [5.41, 5.74) is 1.16. The summed E-state index contributed by atoms with van der Waals surface area (Å²) in [6.07, 6.45) is 6.76. The van der Waals surface area contributed by atoms with Gasteiger partial charge in [0.25, 0.3) is 0 Å². The van der Waals surface area contributed by atoms with Crippen LogP contribution in [0.2, 0.25) is 0 Å². The van der Waals surface area contributed by atoms with Crippen molar-refractivity contribution in [1.29, 1.82) is 0 Å². The summed E-state index contributed by atoms with van der Waals surface area (Å²) in [6.45, 7) is 9.21. The van der Waals surface area contributed by atoms with Crippen LogP contribution >= 0.6 is 0 Å². The molecule has 1 aromatic rings. The highest BCUT2D eigenvalue weighted by atomic mass is 15.0. The lowest BCUT2D eigenvalue weighted by Crippen LogP contribution is -2.11. The highest BCUT2D eigenvalue weighted by Crippen LogP contribution is 1.98. The van der Waals surface area contributed by atoms with Gasteiger partial charge in [0.1, 0.15) is 0 Å². The minimum atomic E-state index is 0.817. The fourth-order valence-corrected chi connectivity index (χ4v) is 1.33. The summed E-state index contributed by atoms with van der Waals surface area (Å²) >= 11 is 0. The molecule has 0 aliphatic heterocycles. The monoisotopic (exact) mass is 212 g/mol. The van der Waals surface area contributed by atoms with Crippen molar-refractivity contribution in [2.45, 2.75) is 6.42 Å². The molecule has 0 aromatic heterocycles. The zero-order valence-electron chi connectivity index (χ0n) is 9.60. The van der Waals surface area contributed by atoms with Crippen molar-refractivity contribution in [2.24, 2.45) is 0 Å². The van der Waals surface area contributed by atoms with Crippen LogP contribution in [0.25, 0.3) is 6.08 Å². The average Bonchev–Trinajstić information content (AvgIpc) is 2.34. The maximum Gasteiger partial charge on any atom is 0.170 e. The number of benzene rings is 1. The average molecular weight is 212 g/mol. The zero-order chi connectivity index (χ0) is 11.6. The van der Waals surface area contributed by atoms with Crippen LogP contribution in [0.15, 0.2) is 55.6 Å². The van der Waals surface area contributed by atoms with Crippen molar-refractivity contribution in [3.63, 3.8) is 0 Å². The molecule has 1 heteroatoms. The van der Waals surface area contributed by atoms with E-state index in [2.05, 4.69) is 35.7 Å². The normalized spacial score (nSPS) is 9.00. The topological polar surface area (TPSA) is 3.01 Å². The first kappa shape index (κ1) is 12.2. The molecule has 0 aliphatic rings. The predicted molar refractivity (Wildman–Crippen MR) is 70.9 cm³/mol. The molecular weight excluding hydrogens is 194 g/mol. The molecule has 0 bridgehead atoms. The van der Waals surface area contributed by atoms with Crippen LogP contribution in [0.4, 0.5) is 0 Å². The standard InChI is InChI=1S/C15H18N/c1-3-5-13-16(12-4-2)14-11-15-9-7-6-8-10-15/h3-4,6-11H,1-2,5,12-13H2/q+1. The van der Waals surface area contributed by atoms with Gasteiger partial charge in [-0.2, -0.15) is 4.58 Å². The van der Waals surface area contributed by atoms with Gasteiger partial charge in [-0.1, -0.05) is 43.0 Å². The second-order valence-corrected chi connectivity index (χ2v) is 3.50. The fraction of sp³-hybridized carbons (Fsp3) is 0.200. The second-order valence-electron chi connectivity index (χ2n) is 3.50. The van der Waals surface area contributed by atoms with Crippen molar-refractivity contribution in [3.8, 4) is 0 Å². The first-order chi connectivity index (χ1) is 7.86. The maximum absolute atomic E-state index is 3.74. The molecule has 0 saturated carbocycles. The largest absolute Gasteiger partial charge is 0.184 e. The summed E-state index contributed by atoms with van der Waals surface area (Å²) in [5, 5.41) is 0. The van der Waals surface area contributed by atoms with E-state index in [9.17, 15) is 0 Å². The third-order valence-electron chi connectivity index (χ3n) is 2.17. The quantitative estimate of drug-likeness (QED) is 0.387. The third-order valence-corrected chi connectivity index (χ3v) is 2.17. The van der Waals surface area contributed by atoms with E-state index in [0.717, 1.165) is 25.1 Å². The molecule has 1 aromatic carbocycles. The Morgan fingerprint density at radius 3 is 2.50 bits per heavy atom. The first-order valence-corrected chi connectivity index (χ1v) is 5.48. The van der Waals surface area contributed by atoms with Crippen molar-refractivity contribution in [2.75, 3.05) is 13.1 Å². The van der Waals surface area contributed by atoms with Crippen LogP contribution in [0.3, 0.4) is 0 Å². The van der Waals surface area contributed by atoms with Crippen LogP contribution in [0, 0.1) is 0 Å². The van der Waals surface area contributed by atoms with E-state index in [0.29, 0.717) is 0 Å². The minimum absolute atomic E-state index is 0.817. The Morgan fingerprint density at radius 2 is 1.88 bits per heavy atom. The Balaban J connectivity index is 2.79. The van der Waals surface area contributed by atoms with E-state index in [1.54, 1.807) is 0 Å². The molecule has 0 saturated heterocycles. The Labute approximate surface area is 97.8 Å². The molecule has 1 nitrogen and oxygen atoms in total. The van der Waals surface area contributed by atoms with Crippen molar-refractivity contribution in [1.82, 2.24) is 0 Å². The van der Waals surface area contributed by atoms with Gasteiger partial charge in [-0.05, 0) is 11.6 Å². The van der Waals surface area contributed by atoms with Crippen molar-refractivity contribution >= 4 is 11.9 Å². The van der Waals surface area contributed by atoms with Gasteiger partial charge < -0.3 is 0 Å². The lowest BCUT2D eigenvalue weighted by molar-refractivity contribution is -0.509. The van der Waals surface area contributed by atoms with E-state index in [4.69, 9.17) is 0 Å². The molecule has 82 valence electrons. The number of hydrogen-bond donors (Lipinski definition) is 0. The van der Waals surface area contributed by atoms with E-state index in [-0.39, 0.29) is 0 Å². The van der Waals surface area contributed by atoms with E-state index in [1.807, 2.05) is 36.4 Å². The SMILES string of the molecule is C=CCC[N+](=C=Cc1ccccc1)CC=C. The Morgan fingerprint density at radius 1 is 1.12 bits per heavy atom. The molecule has 0 fully saturated rings. The van der Waals surface area contributed by atoms with Gasteiger partial charge in [-0.25, -0.2) is 0 Å². The van der Waals surface area contributed by atoms with Gasteiger partial charge in [0, 0.05) is 6.42 Å². The molecule has 0 radical (unpaired) electrons. The van der Waals surface area contributed by atoms with E-state index in [1.165, 1.54) is 0 Å². The summed E-state index contributed by atoms with van der Waals surface area (Å²) in [5.74, 6) is 3.26. The van der Waals surface area contributed by atoms with Gasteiger partial charge in [-0.15, -0.1) is 6.58 Å². The van der Waals surface area contributed by atoms with Crippen LogP contribution in [-0.4, -0.2) is 23.5 Å². The zero-order valence-corrected chi connectivity index (χ0v) is 9.60. The van der Waals surface area contributed by atoms with Gasteiger partial charge in [0.05, 0.1) is 6.08 Å². The molecule has 0 heterocycles. The lowest BCUT2D eigenvalue weighted by atomic mass is 10.2. The van der Waals surface area contributed by atoms with Gasteiger partial charge in [0.2, 0.25) is 0 Å². The van der Waals surface area contributed by atoms with Crippen LogP contribution in [-0.2, 0) is 0 Å².